The van der Waals surface area contributed by atoms with E-state index in [9.17, 15) is 8.78 Å². The molecule has 0 radical (unpaired) electrons. The van der Waals surface area contributed by atoms with Gasteiger partial charge in [-0.2, -0.15) is 4.39 Å². The summed E-state index contributed by atoms with van der Waals surface area (Å²) in [6.07, 6.45) is 8.27. The van der Waals surface area contributed by atoms with E-state index < -0.39 is 11.6 Å². The van der Waals surface area contributed by atoms with Crippen LogP contribution in [0.2, 0.25) is 0 Å². The molecule has 128 valence electrons. The third-order valence-electron chi connectivity index (χ3n) is 3.87. The van der Waals surface area contributed by atoms with E-state index in [1.165, 1.54) is 17.9 Å². The first kappa shape index (κ1) is 18.2. The van der Waals surface area contributed by atoms with Gasteiger partial charge >= 0.3 is 0 Å². The topological polar surface area (TPSA) is 9.23 Å². The molecule has 1 nitrogen and oxygen atoms in total. The monoisotopic (exact) mass is 330 g/mol. The van der Waals surface area contributed by atoms with E-state index in [1.54, 1.807) is 6.07 Å². The van der Waals surface area contributed by atoms with Gasteiger partial charge in [-0.25, -0.2) is 4.39 Å². The van der Waals surface area contributed by atoms with Crippen molar-refractivity contribution in [3.05, 3.63) is 65.9 Å². The Morgan fingerprint density at radius 2 is 1.67 bits per heavy atom. The van der Waals surface area contributed by atoms with Crippen LogP contribution < -0.4 is 4.74 Å². The molecule has 0 aliphatic carbocycles. The maximum Gasteiger partial charge on any atom is 0.201 e. The Morgan fingerprint density at radius 3 is 2.33 bits per heavy atom. The van der Waals surface area contributed by atoms with Crippen molar-refractivity contribution in [2.75, 3.05) is 0 Å². The third-order valence-corrected chi connectivity index (χ3v) is 3.87. The van der Waals surface area contributed by atoms with Crippen molar-refractivity contribution in [3.8, 4) is 16.9 Å². The standard InChI is InChI=1S/C21H24F2O/c1-3-5-6-7-15-24-19-14-13-18(20(22)21(19)23)17-11-9-16(8-4-2)10-12-17/h7,9-15H,3-6,8H2,1-2H3. The van der Waals surface area contributed by atoms with Crippen molar-refractivity contribution in [2.24, 2.45) is 0 Å². The van der Waals surface area contributed by atoms with Gasteiger partial charge < -0.3 is 4.74 Å². The number of aryl methyl sites for hydroxylation is 1. The molecule has 0 aliphatic rings. The Balaban J connectivity index is 2.15. The first-order valence-corrected chi connectivity index (χ1v) is 8.56. The summed E-state index contributed by atoms with van der Waals surface area (Å²) < 4.78 is 33.7. The molecule has 3 heteroatoms. The molecule has 0 N–H and O–H groups in total. The van der Waals surface area contributed by atoms with Gasteiger partial charge in [0, 0.05) is 5.56 Å². The molecule has 0 amide bonds. The average molecular weight is 330 g/mol. The summed E-state index contributed by atoms with van der Waals surface area (Å²) in [6.45, 7) is 4.20. The fourth-order valence-corrected chi connectivity index (χ4v) is 2.50. The Labute approximate surface area is 143 Å². The Morgan fingerprint density at radius 1 is 0.917 bits per heavy atom. The Bertz CT molecular complexity index is 675. The van der Waals surface area contributed by atoms with Crippen LogP contribution in [0.3, 0.4) is 0 Å². The van der Waals surface area contributed by atoms with Gasteiger partial charge in [0.1, 0.15) is 0 Å². The van der Waals surface area contributed by atoms with Crippen LogP contribution in [0.15, 0.2) is 48.7 Å². The lowest BCUT2D eigenvalue weighted by Crippen LogP contribution is -1.95. The highest BCUT2D eigenvalue weighted by molar-refractivity contribution is 5.65. The number of ether oxygens (including phenoxy) is 1. The van der Waals surface area contributed by atoms with Crippen LogP contribution in [0, 0.1) is 11.6 Å². The number of hydrogen-bond donors (Lipinski definition) is 0. The number of halogens is 2. The minimum Gasteiger partial charge on any atom is -0.462 e. The van der Waals surface area contributed by atoms with Crippen molar-refractivity contribution < 1.29 is 13.5 Å². The Hall–Kier alpha value is -2.16. The summed E-state index contributed by atoms with van der Waals surface area (Å²) in [5.74, 6) is -1.92. The molecule has 0 aliphatic heterocycles. The van der Waals surface area contributed by atoms with Gasteiger partial charge in [0.05, 0.1) is 6.26 Å². The second-order valence-corrected chi connectivity index (χ2v) is 5.82. The van der Waals surface area contributed by atoms with Gasteiger partial charge in [0.25, 0.3) is 0 Å². The molecule has 2 rings (SSSR count). The molecular weight excluding hydrogens is 306 g/mol. The maximum atomic E-state index is 14.3. The zero-order chi connectivity index (χ0) is 17.4. The molecule has 0 saturated carbocycles. The molecule has 0 fully saturated rings. The predicted molar refractivity (Wildman–Crippen MR) is 95.1 cm³/mol. The quantitative estimate of drug-likeness (QED) is 0.388. The van der Waals surface area contributed by atoms with Gasteiger partial charge in [-0.3, -0.25) is 0 Å². The van der Waals surface area contributed by atoms with E-state index >= 15 is 0 Å². The molecule has 0 bridgehead atoms. The van der Waals surface area contributed by atoms with Crippen molar-refractivity contribution in [1.29, 1.82) is 0 Å². The number of benzene rings is 2. The zero-order valence-electron chi connectivity index (χ0n) is 14.3. The van der Waals surface area contributed by atoms with E-state index in [0.717, 1.165) is 32.1 Å². The lowest BCUT2D eigenvalue weighted by molar-refractivity contribution is 0.414. The van der Waals surface area contributed by atoms with E-state index in [0.29, 0.717) is 5.56 Å². The molecule has 24 heavy (non-hydrogen) atoms. The first-order chi connectivity index (χ1) is 11.7. The van der Waals surface area contributed by atoms with Crippen LogP contribution >= 0.6 is 0 Å². The summed E-state index contributed by atoms with van der Waals surface area (Å²) >= 11 is 0. The van der Waals surface area contributed by atoms with Crippen LogP contribution in [0.25, 0.3) is 11.1 Å². The molecule has 0 unspecified atom stereocenters. The van der Waals surface area contributed by atoms with Crippen LogP contribution in [0.5, 0.6) is 5.75 Å². The highest BCUT2D eigenvalue weighted by Crippen LogP contribution is 2.30. The van der Waals surface area contributed by atoms with E-state index in [-0.39, 0.29) is 11.3 Å². The predicted octanol–water partition coefficient (Wildman–Crippen LogP) is 6.67. The van der Waals surface area contributed by atoms with Crippen molar-refractivity contribution in [2.45, 2.75) is 46.0 Å². The van der Waals surface area contributed by atoms with Crippen molar-refractivity contribution in [1.82, 2.24) is 0 Å². The third kappa shape index (κ3) is 4.67. The highest BCUT2D eigenvalue weighted by atomic mass is 19.2. The molecule has 0 aromatic heterocycles. The fraction of sp³-hybridized carbons (Fsp3) is 0.333. The fourth-order valence-electron chi connectivity index (χ4n) is 2.50. The minimum atomic E-state index is -0.953. The summed E-state index contributed by atoms with van der Waals surface area (Å²) in [6, 6.07) is 10.6. The van der Waals surface area contributed by atoms with E-state index in [4.69, 9.17) is 4.74 Å². The Kier molecular flexibility index (Phi) is 6.98. The summed E-state index contributed by atoms with van der Waals surface area (Å²) in [5.41, 5.74) is 2.11. The number of hydrogen-bond acceptors (Lipinski definition) is 1. The highest BCUT2D eigenvalue weighted by Gasteiger charge is 2.15. The van der Waals surface area contributed by atoms with Crippen molar-refractivity contribution in [3.63, 3.8) is 0 Å². The van der Waals surface area contributed by atoms with Gasteiger partial charge in [0.2, 0.25) is 5.82 Å². The van der Waals surface area contributed by atoms with Crippen LogP contribution in [-0.4, -0.2) is 0 Å². The van der Waals surface area contributed by atoms with Crippen LogP contribution in [-0.2, 0) is 6.42 Å². The van der Waals surface area contributed by atoms with Gasteiger partial charge in [-0.1, -0.05) is 51.0 Å². The largest absolute Gasteiger partial charge is 0.462 e. The molecule has 0 spiro atoms. The summed E-state index contributed by atoms with van der Waals surface area (Å²) in [7, 11) is 0. The maximum absolute atomic E-state index is 14.3. The number of allylic oxidation sites excluding steroid dienone is 1. The van der Waals surface area contributed by atoms with E-state index in [1.807, 2.05) is 30.3 Å². The van der Waals surface area contributed by atoms with Crippen molar-refractivity contribution >= 4 is 0 Å². The van der Waals surface area contributed by atoms with Gasteiger partial charge in [-0.15, -0.1) is 0 Å². The zero-order valence-corrected chi connectivity index (χ0v) is 14.3. The lowest BCUT2D eigenvalue weighted by atomic mass is 10.0. The van der Waals surface area contributed by atoms with Gasteiger partial charge in [0.15, 0.2) is 11.6 Å². The lowest BCUT2D eigenvalue weighted by Gasteiger charge is -2.09. The van der Waals surface area contributed by atoms with Crippen LogP contribution in [0.4, 0.5) is 8.78 Å². The first-order valence-electron chi connectivity index (χ1n) is 8.56. The molecule has 0 saturated heterocycles. The normalized spacial score (nSPS) is 11.2. The summed E-state index contributed by atoms with van der Waals surface area (Å²) in [4.78, 5) is 0. The minimum absolute atomic E-state index is 0.0911. The summed E-state index contributed by atoms with van der Waals surface area (Å²) in [5, 5.41) is 0. The second kappa shape index (κ2) is 9.21. The molecule has 0 heterocycles. The number of rotatable bonds is 8. The smallest absolute Gasteiger partial charge is 0.201 e. The molecular formula is C21H24F2O. The van der Waals surface area contributed by atoms with Gasteiger partial charge in [-0.05, 0) is 48.6 Å². The molecule has 2 aromatic rings. The second-order valence-electron chi connectivity index (χ2n) is 5.82. The van der Waals surface area contributed by atoms with E-state index in [2.05, 4.69) is 13.8 Å². The number of unbranched alkanes of at least 4 members (excludes halogenated alkanes) is 2. The average Bonchev–Trinajstić information content (AvgIpc) is 2.60. The molecule has 0 atom stereocenters. The SMILES string of the molecule is CCCCC=COc1ccc(-c2ccc(CCC)cc2)c(F)c1F. The van der Waals surface area contributed by atoms with Crippen LogP contribution in [0.1, 0.15) is 45.1 Å². The molecule has 2 aromatic carbocycles.